The van der Waals surface area contributed by atoms with Crippen LogP contribution in [0.25, 0.3) is 5.57 Å². The summed E-state index contributed by atoms with van der Waals surface area (Å²) in [4.78, 5) is 14.7. The first-order valence-electron chi connectivity index (χ1n) is 21.5. The predicted molar refractivity (Wildman–Crippen MR) is 218 cm³/mol. The second-order valence-corrected chi connectivity index (χ2v) is 22.6. The zero-order chi connectivity index (χ0) is 38.5. The number of hydrogen-bond donors (Lipinski definition) is 1. The van der Waals surface area contributed by atoms with Gasteiger partial charge in [0.15, 0.2) is 0 Å². The minimum absolute atomic E-state index is 0.0408. The highest BCUT2D eigenvalue weighted by Gasteiger charge is 2.70. The zero-order valence-electron chi connectivity index (χ0n) is 34.5. The Bertz CT molecular complexity index is 1780. The molecule has 8 rings (SSSR count). The second-order valence-electron chi connectivity index (χ2n) is 20.4. The summed E-state index contributed by atoms with van der Waals surface area (Å²) in [5.74, 6) is 2.92. The molecule has 1 N–H and O–H groups in total. The Labute approximate surface area is 327 Å². The van der Waals surface area contributed by atoms with Crippen molar-refractivity contribution in [3.05, 3.63) is 53.6 Å². The number of carbonyl (C=O) groups excluding carboxylic acids is 1. The lowest BCUT2D eigenvalue weighted by Crippen LogP contribution is -2.68. The highest BCUT2D eigenvalue weighted by Crippen LogP contribution is 2.76. The molecule has 6 aliphatic carbocycles. The molecule has 7 nitrogen and oxygen atoms in total. The van der Waals surface area contributed by atoms with E-state index >= 15 is 0 Å². The maximum Gasteiger partial charge on any atom is 0.337 e. The summed E-state index contributed by atoms with van der Waals surface area (Å²) in [5, 5.41) is 4.17. The summed E-state index contributed by atoms with van der Waals surface area (Å²) in [6, 6.07) is 8.12. The predicted octanol–water partition coefficient (Wildman–Crippen LogP) is 8.58. The van der Waals surface area contributed by atoms with Crippen molar-refractivity contribution in [2.75, 3.05) is 46.4 Å². The van der Waals surface area contributed by atoms with Gasteiger partial charge < -0.3 is 10.1 Å². The Morgan fingerprint density at radius 1 is 0.870 bits per heavy atom. The summed E-state index contributed by atoms with van der Waals surface area (Å²) >= 11 is 0. The number of benzene rings is 1. The van der Waals surface area contributed by atoms with Crippen LogP contribution in [0.3, 0.4) is 0 Å². The van der Waals surface area contributed by atoms with Crippen LogP contribution in [0.1, 0.15) is 128 Å². The van der Waals surface area contributed by atoms with Crippen LogP contribution in [0, 0.1) is 51.2 Å². The van der Waals surface area contributed by atoms with Gasteiger partial charge in [-0.05, 0) is 152 Å². The van der Waals surface area contributed by atoms with E-state index in [0.29, 0.717) is 59.1 Å². The number of nitrogens with one attached hydrogen (secondary N) is 1. The second kappa shape index (κ2) is 13.6. The molecule has 1 heterocycles. The van der Waals surface area contributed by atoms with Crippen molar-refractivity contribution in [3.63, 3.8) is 0 Å². The van der Waals surface area contributed by atoms with E-state index in [9.17, 15) is 13.2 Å². The Balaban J connectivity index is 1.000. The van der Waals surface area contributed by atoms with Gasteiger partial charge in [0, 0.05) is 44.8 Å². The zero-order valence-corrected chi connectivity index (χ0v) is 35.3. The molecule has 9 atom stereocenters. The third-order valence-corrected chi connectivity index (χ3v) is 20.2. The molecule has 8 heteroatoms. The van der Waals surface area contributed by atoms with Gasteiger partial charge in [0.1, 0.15) is 0 Å². The van der Waals surface area contributed by atoms with E-state index in [1.165, 1.54) is 75.2 Å². The van der Waals surface area contributed by atoms with Crippen LogP contribution in [0.2, 0.25) is 0 Å². The first kappa shape index (κ1) is 38.9. The number of sulfonamides is 1. The summed E-state index contributed by atoms with van der Waals surface area (Å²) in [7, 11) is -1.63. The first-order valence-corrected chi connectivity index (χ1v) is 23.0. The molecule has 5 saturated carbocycles. The fourth-order valence-electron chi connectivity index (χ4n) is 14.7. The molecular formula is C46H69N3O4S. The number of nitrogens with zero attached hydrogens (tertiary/aromatic N) is 2. The van der Waals surface area contributed by atoms with Crippen LogP contribution < -0.4 is 5.32 Å². The summed E-state index contributed by atoms with van der Waals surface area (Å²) in [5.41, 5.74) is 5.72. The molecule has 1 aromatic carbocycles. The van der Waals surface area contributed by atoms with Crippen molar-refractivity contribution >= 4 is 21.6 Å². The van der Waals surface area contributed by atoms with Crippen LogP contribution in [0.5, 0.6) is 0 Å². The lowest BCUT2D eigenvalue weighted by atomic mass is 9.33. The summed E-state index contributed by atoms with van der Waals surface area (Å²) in [6.07, 6.45) is 15.6. The number of methoxy groups -OCH3 is 1. The summed E-state index contributed by atoms with van der Waals surface area (Å²) in [6.45, 7) is 25.0. The fraction of sp³-hybridized carbons (Fsp3) is 0.761. The molecule has 298 valence electrons. The van der Waals surface area contributed by atoms with Crippen LogP contribution in [0.15, 0.2) is 42.5 Å². The molecule has 6 fully saturated rings. The Kier molecular flexibility index (Phi) is 9.75. The van der Waals surface area contributed by atoms with E-state index in [1.807, 2.05) is 12.1 Å². The molecule has 1 aromatic rings. The Hall–Kier alpha value is -2.00. The highest BCUT2D eigenvalue weighted by molar-refractivity contribution is 7.90. The molecule has 7 aliphatic rings. The monoisotopic (exact) mass is 760 g/mol. The van der Waals surface area contributed by atoms with Crippen molar-refractivity contribution in [2.45, 2.75) is 123 Å². The third kappa shape index (κ3) is 5.87. The van der Waals surface area contributed by atoms with Gasteiger partial charge in [-0.1, -0.05) is 65.0 Å². The number of piperazine rings is 1. The van der Waals surface area contributed by atoms with Crippen molar-refractivity contribution < 1.29 is 17.9 Å². The van der Waals surface area contributed by atoms with E-state index in [-0.39, 0.29) is 27.6 Å². The highest BCUT2D eigenvalue weighted by atomic mass is 32.2. The molecule has 0 unspecified atom stereocenters. The number of allylic oxidation sites excluding steroid dienone is 3. The summed E-state index contributed by atoms with van der Waals surface area (Å²) < 4.78 is 32.4. The lowest BCUT2D eigenvalue weighted by molar-refractivity contribution is -0.219. The van der Waals surface area contributed by atoms with Crippen LogP contribution in [-0.2, 0) is 14.8 Å². The first-order chi connectivity index (χ1) is 25.5. The van der Waals surface area contributed by atoms with Crippen molar-refractivity contribution in [2.24, 2.45) is 51.2 Å². The van der Waals surface area contributed by atoms with Crippen LogP contribution in [0.4, 0.5) is 0 Å². The molecule has 54 heavy (non-hydrogen) atoms. The van der Waals surface area contributed by atoms with E-state index in [0.717, 1.165) is 45.4 Å². The Morgan fingerprint density at radius 2 is 1.57 bits per heavy atom. The van der Waals surface area contributed by atoms with Crippen molar-refractivity contribution in [3.8, 4) is 0 Å². The van der Waals surface area contributed by atoms with Crippen LogP contribution >= 0.6 is 0 Å². The number of esters is 1. The largest absolute Gasteiger partial charge is 0.465 e. The van der Waals surface area contributed by atoms with E-state index in [2.05, 4.69) is 76.5 Å². The molecule has 0 aromatic heterocycles. The average Bonchev–Trinajstić information content (AvgIpc) is 3.93. The van der Waals surface area contributed by atoms with Gasteiger partial charge in [-0.3, -0.25) is 4.90 Å². The van der Waals surface area contributed by atoms with Crippen molar-refractivity contribution in [1.82, 2.24) is 14.5 Å². The number of hydrogen-bond acceptors (Lipinski definition) is 6. The average molecular weight is 760 g/mol. The molecule has 1 aliphatic heterocycles. The molecule has 0 radical (unpaired) electrons. The standard InChI is InChI=1S/C46H69N3O4S/c1-31(2)35-17-22-46(47-25-26-48-27-29-49(30-28-48)54(51,52)34-13-14-34)24-23-44(6)37(40(35)46)15-16-39-43(5)20-18-36(32-9-11-33(12-10-32)41(50)53-8)42(3,4)38(43)19-21-45(39,44)7/h9-12,18,34-35,37-40,47H,1,13-17,19-30H2,2-8H3/t35-,37+,38-,39+,40+,43-,44+,45+,46-/m0/s1. The van der Waals surface area contributed by atoms with Gasteiger partial charge in [-0.25, -0.2) is 13.2 Å². The molecule has 0 spiro atoms. The van der Waals surface area contributed by atoms with Gasteiger partial charge >= 0.3 is 5.97 Å². The molecule has 1 saturated heterocycles. The molecule has 0 amide bonds. The number of ether oxygens (including phenoxy) is 1. The fourth-order valence-corrected chi connectivity index (χ4v) is 16.5. The van der Waals surface area contributed by atoms with Gasteiger partial charge in [0.25, 0.3) is 0 Å². The normalized spacial score (nSPS) is 40.8. The van der Waals surface area contributed by atoms with Crippen LogP contribution in [-0.4, -0.2) is 80.8 Å². The quantitative estimate of drug-likeness (QED) is 0.201. The molecular weight excluding hydrogens is 691 g/mol. The topological polar surface area (TPSA) is 79.0 Å². The minimum atomic E-state index is -3.08. The van der Waals surface area contributed by atoms with Gasteiger partial charge in [0.2, 0.25) is 10.0 Å². The SMILES string of the molecule is C=C(C)[C@@H]1CC[C@]2(NCCN3CCN(S(=O)(=O)C4CC4)CC3)CC[C@]3(C)[C@H](CC[C@@H]4[C@@]5(C)CC=C(c6ccc(C(=O)OC)cc6)C(C)(C)[C@@H]5CC[C@]43C)[C@@H]12. The lowest BCUT2D eigenvalue weighted by Gasteiger charge is -2.72. The maximum atomic E-state index is 12.8. The molecule has 0 bridgehead atoms. The number of carbonyl (C=O) groups is 1. The number of fused-ring (bicyclic) bond motifs is 7. The van der Waals surface area contributed by atoms with E-state index < -0.39 is 10.0 Å². The van der Waals surface area contributed by atoms with Gasteiger partial charge in [-0.2, -0.15) is 4.31 Å². The maximum absolute atomic E-state index is 12.8. The number of rotatable bonds is 9. The van der Waals surface area contributed by atoms with Gasteiger partial charge in [-0.15, -0.1) is 0 Å². The Morgan fingerprint density at radius 3 is 2.22 bits per heavy atom. The minimum Gasteiger partial charge on any atom is -0.465 e. The van der Waals surface area contributed by atoms with Gasteiger partial charge in [0.05, 0.1) is 17.9 Å². The van der Waals surface area contributed by atoms with E-state index in [4.69, 9.17) is 4.74 Å². The third-order valence-electron chi connectivity index (χ3n) is 17.8. The van der Waals surface area contributed by atoms with E-state index in [1.54, 1.807) is 4.31 Å². The van der Waals surface area contributed by atoms with Crippen molar-refractivity contribution in [1.29, 1.82) is 0 Å². The smallest absolute Gasteiger partial charge is 0.337 e.